The van der Waals surface area contributed by atoms with Crippen molar-refractivity contribution in [1.82, 2.24) is 0 Å². The van der Waals surface area contributed by atoms with E-state index in [1.54, 1.807) is 12.2 Å². The van der Waals surface area contributed by atoms with Gasteiger partial charge < -0.3 is 4.74 Å². The van der Waals surface area contributed by atoms with Crippen molar-refractivity contribution in [1.29, 1.82) is 0 Å². The van der Waals surface area contributed by atoms with Crippen molar-refractivity contribution < 1.29 is 27.5 Å². The molecule has 120 valence electrons. The van der Waals surface area contributed by atoms with Gasteiger partial charge in [-0.2, -0.15) is 13.2 Å². The molecule has 4 nitrogen and oxygen atoms in total. The minimum Gasteiger partial charge on any atom is -0.365 e. The van der Waals surface area contributed by atoms with Gasteiger partial charge in [0.15, 0.2) is 0 Å². The molecule has 4 rings (SSSR count). The molecular weight excluding hydrogens is 335 g/mol. The molecule has 1 aromatic carbocycles. The van der Waals surface area contributed by atoms with E-state index in [1.165, 1.54) is 6.07 Å². The summed E-state index contributed by atoms with van der Waals surface area (Å²) in [6, 6.07) is 3.01. The van der Waals surface area contributed by atoms with Gasteiger partial charge in [0, 0.05) is 0 Å². The molecule has 0 aromatic heterocycles. The third-order valence-corrected chi connectivity index (χ3v) is 4.75. The smallest absolute Gasteiger partial charge is 0.365 e. The first-order valence-electron chi connectivity index (χ1n) is 6.87. The summed E-state index contributed by atoms with van der Waals surface area (Å²) in [5.74, 6) is -2.40. The van der Waals surface area contributed by atoms with Crippen LogP contribution in [-0.4, -0.2) is 24.0 Å². The number of carbonyl (C=O) groups is 2. The molecule has 23 heavy (non-hydrogen) atoms. The van der Waals surface area contributed by atoms with Crippen LogP contribution in [0.5, 0.6) is 0 Å². The zero-order chi connectivity index (χ0) is 16.5. The summed E-state index contributed by atoms with van der Waals surface area (Å²) in [6.45, 7) is 0. The van der Waals surface area contributed by atoms with Crippen molar-refractivity contribution in [3.63, 3.8) is 0 Å². The minimum atomic E-state index is -4.67. The third-order valence-electron chi connectivity index (χ3n) is 4.42. The van der Waals surface area contributed by atoms with Gasteiger partial charge in [-0.25, -0.2) is 4.90 Å². The molecule has 2 fully saturated rings. The van der Waals surface area contributed by atoms with E-state index < -0.39 is 52.6 Å². The molecule has 8 heteroatoms. The number of imide groups is 1. The van der Waals surface area contributed by atoms with E-state index in [-0.39, 0.29) is 5.69 Å². The van der Waals surface area contributed by atoms with Crippen LogP contribution in [0.15, 0.2) is 30.4 Å². The maximum absolute atomic E-state index is 13.0. The van der Waals surface area contributed by atoms with E-state index in [0.29, 0.717) is 0 Å². The topological polar surface area (TPSA) is 46.6 Å². The first-order valence-corrected chi connectivity index (χ1v) is 7.25. The lowest BCUT2D eigenvalue weighted by molar-refractivity contribution is -0.137. The van der Waals surface area contributed by atoms with Crippen LogP contribution in [0.2, 0.25) is 5.02 Å². The lowest BCUT2D eigenvalue weighted by Gasteiger charge is -2.19. The van der Waals surface area contributed by atoms with Gasteiger partial charge in [0.2, 0.25) is 11.8 Å². The Morgan fingerprint density at radius 1 is 1.04 bits per heavy atom. The number of halogens is 4. The van der Waals surface area contributed by atoms with Crippen LogP contribution in [0.1, 0.15) is 5.56 Å². The predicted molar refractivity (Wildman–Crippen MR) is 73.7 cm³/mol. The van der Waals surface area contributed by atoms with E-state index in [0.717, 1.165) is 17.0 Å². The highest BCUT2D eigenvalue weighted by Gasteiger charge is 2.61. The number of alkyl halides is 3. The van der Waals surface area contributed by atoms with Gasteiger partial charge in [-0.1, -0.05) is 23.8 Å². The summed E-state index contributed by atoms with van der Waals surface area (Å²) in [7, 11) is 0. The number of rotatable bonds is 1. The highest BCUT2D eigenvalue weighted by Crippen LogP contribution is 2.47. The monoisotopic (exact) mass is 343 g/mol. The molecule has 2 amide bonds. The Morgan fingerprint density at radius 2 is 1.61 bits per heavy atom. The van der Waals surface area contributed by atoms with Crippen molar-refractivity contribution in [2.24, 2.45) is 11.8 Å². The Morgan fingerprint density at radius 3 is 2.13 bits per heavy atom. The molecule has 3 aliphatic rings. The van der Waals surface area contributed by atoms with Gasteiger partial charge in [0.25, 0.3) is 0 Å². The lowest BCUT2D eigenvalue weighted by atomic mass is 9.85. The second-order valence-electron chi connectivity index (χ2n) is 5.68. The zero-order valence-electron chi connectivity index (χ0n) is 11.4. The van der Waals surface area contributed by atoms with E-state index in [9.17, 15) is 22.8 Å². The van der Waals surface area contributed by atoms with Crippen LogP contribution in [0.4, 0.5) is 18.9 Å². The SMILES string of the molecule is O=C1[C@@H]2[C@H](C(=O)N1c1ccc(Cl)c(C(F)(F)F)c1)[C@H]1C=C[C@@H]2O1. The summed E-state index contributed by atoms with van der Waals surface area (Å²) >= 11 is 5.57. The molecule has 2 saturated heterocycles. The maximum Gasteiger partial charge on any atom is 0.417 e. The summed E-state index contributed by atoms with van der Waals surface area (Å²) in [5.41, 5.74) is -1.20. The normalized spacial score (nSPS) is 32.1. The molecule has 2 bridgehead atoms. The van der Waals surface area contributed by atoms with E-state index >= 15 is 0 Å². The summed E-state index contributed by atoms with van der Waals surface area (Å²) in [5, 5.41) is -0.481. The Balaban J connectivity index is 1.75. The molecule has 3 heterocycles. The van der Waals surface area contributed by atoms with Crippen LogP contribution in [0.25, 0.3) is 0 Å². The van der Waals surface area contributed by atoms with Gasteiger partial charge in [-0.3, -0.25) is 9.59 Å². The number of hydrogen-bond acceptors (Lipinski definition) is 3. The van der Waals surface area contributed by atoms with E-state index in [1.807, 2.05) is 0 Å². The van der Waals surface area contributed by atoms with Crippen LogP contribution in [0, 0.1) is 11.8 Å². The number of ether oxygens (including phenoxy) is 1. The largest absolute Gasteiger partial charge is 0.417 e. The summed E-state index contributed by atoms with van der Waals surface area (Å²) < 4.78 is 44.4. The standard InChI is InChI=1S/C15H9ClF3NO3/c16-8-2-1-6(5-7(8)15(17,18)19)20-13(21)11-9-3-4-10(23-9)12(11)14(20)22/h1-5,9-12H/t9-,10+,11-,12+. The van der Waals surface area contributed by atoms with Crippen molar-refractivity contribution >= 4 is 29.1 Å². The van der Waals surface area contributed by atoms with Crippen LogP contribution in [0.3, 0.4) is 0 Å². The van der Waals surface area contributed by atoms with Crippen molar-refractivity contribution in [2.75, 3.05) is 4.90 Å². The van der Waals surface area contributed by atoms with E-state index in [2.05, 4.69) is 0 Å². The molecular formula is C15H9ClF3NO3. The second-order valence-corrected chi connectivity index (χ2v) is 6.08. The van der Waals surface area contributed by atoms with Gasteiger partial charge in [0.1, 0.15) is 0 Å². The highest BCUT2D eigenvalue weighted by molar-refractivity contribution is 6.31. The van der Waals surface area contributed by atoms with Gasteiger partial charge in [0.05, 0.1) is 40.3 Å². The second kappa shape index (κ2) is 4.58. The number of anilines is 1. The maximum atomic E-state index is 13.0. The number of benzene rings is 1. The Kier molecular flexibility index (Phi) is 2.93. The number of nitrogens with zero attached hydrogens (tertiary/aromatic N) is 1. The van der Waals surface area contributed by atoms with Crippen LogP contribution >= 0.6 is 11.6 Å². The molecule has 0 unspecified atom stereocenters. The average molecular weight is 344 g/mol. The Hall–Kier alpha value is -1.86. The number of amides is 2. The predicted octanol–water partition coefficient (Wildman–Crippen LogP) is 2.80. The lowest BCUT2D eigenvalue weighted by Crippen LogP contribution is -2.34. The number of fused-ring (bicyclic) bond motifs is 5. The molecule has 1 aromatic rings. The van der Waals surface area contributed by atoms with Crippen molar-refractivity contribution in [3.8, 4) is 0 Å². The van der Waals surface area contributed by atoms with Crippen LogP contribution < -0.4 is 4.90 Å². The first kappa shape index (κ1) is 14.7. The van der Waals surface area contributed by atoms with Crippen LogP contribution in [-0.2, 0) is 20.5 Å². The van der Waals surface area contributed by atoms with Gasteiger partial charge in [-0.15, -0.1) is 0 Å². The van der Waals surface area contributed by atoms with Crippen molar-refractivity contribution in [3.05, 3.63) is 40.9 Å². The fourth-order valence-corrected chi connectivity index (χ4v) is 3.65. The zero-order valence-corrected chi connectivity index (χ0v) is 12.1. The molecule has 4 atom stereocenters. The molecule has 0 aliphatic carbocycles. The Bertz CT molecular complexity index is 731. The third kappa shape index (κ3) is 1.96. The quantitative estimate of drug-likeness (QED) is 0.582. The fourth-order valence-electron chi connectivity index (χ4n) is 3.43. The van der Waals surface area contributed by atoms with Gasteiger partial charge >= 0.3 is 6.18 Å². The number of carbonyl (C=O) groups excluding carboxylic acids is 2. The molecule has 3 aliphatic heterocycles. The van der Waals surface area contributed by atoms with Gasteiger partial charge in [-0.05, 0) is 18.2 Å². The number of hydrogen-bond donors (Lipinski definition) is 0. The summed E-state index contributed by atoms with van der Waals surface area (Å²) in [4.78, 5) is 25.8. The molecule has 0 spiro atoms. The Labute approximate surface area is 133 Å². The molecule has 0 N–H and O–H groups in total. The van der Waals surface area contributed by atoms with E-state index in [4.69, 9.17) is 16.3 Å². The van der Waals surface area contributed by atoms with Crippen molar-refractivity contribution in [2.45, 2.75) is 18.4 Å². The fraction of sp³-hybridized carbons (Fsp3) is 0.333. The minimum absolute atomic E-state index is 0.120. The first-order chi connectivity index (χ1) is 10.8. The summed E-state index contributed by atoms with van der Waals surface area (Å²) in [6.07, 6.45) is -2.22. The molecule has 0 saturated carbocycles. The highest BCUT2D eigenvalue weighted by atomic mass is 35.5. The average Bonchev–Trinajstić information content (AvgIpc) is 3.13. The molecule has 0 radical (unpaired) electrons.